The summed E-state index contributed by atoms with van der Waals surface area (Å²) in [7, 11) is 1.72. The van der Waals surface area contributed by atoms with Gasteiger partial charge in [0, 0.05) is 6.04 Å². The molecule has 0 bridgehead atoms. The fourth-order valence-electron chi connectivity index (χ4n) is 2.22. The number of nitrogens with one attached hydrogen (secondary N) is 1. The van der Waals surface area contributed by atoms with Crippen LogP contribution in [0.1, 0.15) is 31.4 Å². The van der Waals surface area contributed by atoms with Crippen molar-refractivity contribution in [1.82, 2.24) is 5.32 Å². The Kier molecular flexibility index (Phi) is 3.27. The third kappa shape index (κ3) is 2.51. The number of ether oxygens (including phenoxy) is 1. The van der Waals surface area contributed by atoms with Gasteiger partial charge >= 0.3 is 0 Å². The SMILES string of the molecule is COc1cccc(C2CC(C)CCN2)c1. The number of rotatable bonds is 2. The first-order valence-electron chi connectivity index (χ1n) is 5.67. The van der Waals surface area contributed by atoms with E-state index in [0.717, 1.165) is 18.2 Å². The molecule has 1 N–H and O–H groups in total. The van der Waals surface area contributed by atoms with Crippen LogP contribution in [-0.2, 0) is 0 Å². The molecule has 2 atom stereocenters. The highest BCUT2D eigenvalue weighted by Gasteiger charge is 2.19. The van der Waals surface area contributed by atoms with Gasteiger partial charge < -0.3 is 10.1 Å². The predicted molar refractivity (Wildman–Crippen MR) is 62.1 cm³/mol. The molecule has 0 aromatic heterocycles. The van der Waals surface area contributed by atoms with Crippen LogP contribution >= 0.6 is 0 Å². The molecule has 2 rings (SSSR count). The summed E-state index contributed by atoms with van der Waals surface area (Å²) >= 11 is 0. The summed E-state index contributed by atoms with van der Waals surface area (Å²) in [5.41, 5.74) is 1.35. The van der Waals surface area contributed by atoms with Gasteiger partial charge in [-0.25, -0.2) is 0 Å². The zero-order chi connectivity index (χ0) is 10.7. The number of methoxy groups -OCH3 is 1. The summed E-state index contributed by atoms with van der Waals surface area (Å²) in [6.45, 7) is 3.46. The number of hydrogen-bond acceptors (Lipinski definition) is 2. The molecule has 2 nitrogen and oxygen atoms in total. The Labute approximate surface area is 91.6 Å². The van der Waals surface area contributed by atoms with Crippen LogP contribution in [0, 0.1) is 5.92 Å². The summed E-state index contributed by atoms with van der Waals surface area (Å²) in [4.78, 5) is 0. The Morgan fingerprint density at radius 2 is 2.27 bits per heavy atom. The Hall–Kier alpha value is -1.02. The molecule has 0 radical (unpaired) electrons. The first-order valence-corrected chi connectivity index (χ1v) is 5.67. The van der Waals surface area contributed by atoms with E-state index in [9.17, 15) is 0 Å². The molecule has 2 heteroatoms. The lowest BCUT2D eigenvalue weighted by molar-refractivity contribution is 0.324. The molecule has 1 aromatic carbocycles. The highest BCUT2D eigenvalue weighted by Crippen LogP contribution is 2.28. The van der Waals surface area contributed by atoms with E-state index >= 15 is 0 Å². The minimum Gasteiger partial charge on any atom is -0.497 e. The molecule has 1 fully saturated rings. The molecule has 1 aliphatic rings. The molecular formula is C13H19NO. The smallest absolute Gasteiger partial charge is 0.119 e. The van der Waals surface area contributed by atoms with E-state index in [4.69, 9.17) is 4.74 Å². The van der Waals surface area contributed by atoms with Crippen molar-refractivity contribution >= 4 is 0 Å². The Morgan fingerprint density at radius 3 is 3.00 bits per heavy atom. The minimum atomic E-state index is 0.504. The third-order valence-corrected chi connectivity index (χ3v) is 3.16. The third-order valence-electron chi connectivity index (χ3n) is 3.16. The fourth-order valence-corrected chi connectivity index (χ4v) is 2.22. The minimum absolute atomic E-state index is 0.504. The van der Waals surface area contributed by atoms with E-state index in [1.54, 1.807) is 7.11 Å². The lowest BCUT2D eigenvalue weighted by atomic mass is 9.90. The molecule has 1 heterocycles. The molecule has 2 unspecified atom stereocenters. The van der Waals surface area contributed by atoms with Crippen LogP contribution < -0.4 is 10.1 Å². The van der Waals surface area contributed by atoms with Gasteiger partial charge in [0.25, 0.3) is 0 Å². The summed E-state index contributed by atoms with van der Waals surface area (Å²) in [6, 6.07) is 8.88. The van der Waals surface area contributed by atoms with Gasteiger partial charge in [-0.2, -0.15) is 0 Å². The number of piperidine rings is 1. The maximum Gasteiger partial charge on any atom is 0.119 e. The molecule has 15 heavy (non-hydrogen) atoms. The average Bonchev–Trinajstić information content (AvgIpc) is 2.29. The maximum atomic E-state index is 5.24. The van der Waals surface area contributed by atoms with Crippen molar-refractivity contribution in [3.8, 4) is 5.75 Å². The van der Waals surface area contributed by atoms with E-state index in [1.807, 2.05) is 6.07 Å². The Morgan fingerprint density at radius 1 is 1.40 bits per heavy atom. The topological polar surface area (TPSA) is 21.3 Å². The van der Waals surface area contributed by atoms with E-state index in [1.165, 1.54) is 18.4 Å². The van der Waals surface area contributed by atoms with Crippen LogP contribution in [0.15, 0.2) is 24.3 Å². The molecule has 1 aliphatic heterocycles. The van der Waals surface area contributed by atoms with Crippen LogP contribution in [-0.4, -0.2) is 13.7 Å². The monoisotopic (exact) mass is 205 g/mol. The Bertz CT molecular complexity index is 324. The molecule has 0 spiro atoms. The van der Waals surface area contributed by atoms with Crippen molar-refractivity contribution in [3.05, 3.63) is 29.8 Å². The van der Waals surface area contributed by atoms with Crippen LogP contribution in [0.3, 0.4) is 0 Å². The molecule has 1 aromatic rings. The molecule has 82 valence electrons. The quantitative estimate of drug-likeness (QED) is 0.801. The summed E-state index contributed by atoms with van der Waals surface area (Å²) in [5, 5.41) is 3.56. The lowest BCUT2D eigenvalue weighted by Crippen LogP contribution is -2.30. The maximum absolute atomic E-state index is 5.24. The van der Waals surface area contributed by atoms with Gasteiger partial charge in [0.15, 0.2) is 0 Å². The van der Waals surface area contributed by atoms with Crippen LogP contribution in [0.2, 0.25) is 0 Å². The first kappa shape index (κ1) is 10.5. The van der Waals surface area contributed by atoms with Crippen molar-refractivity contribution in [2.45, 2.75) is 25.8 Å². The molecule has 1 saturated heterocycles. The lowest BCUT2D eigenvalue weighted by Gasteiger charge is -2.28. The zero-order valence-electron chi connectivity index (χ0n) is 9.49. The second-order valence-electron chi connectivity index (χ2n) is 4.41. The van der Waals surface area contributed by atoms with Gasteiger partial charge in [-0.1, -0.05) is 19.1 Å². The van der Waals surface area contributed by atoms with Gasteiger partial charge in [-0.15, -0.1) is 0 Å². The molecular weight excluding hydrogens is 186 g/mol. The van der Waals surface area contributed by atoms with Crippen LogP contribution in [0.5, 0.6) is 5.75 Å². The summed E-state index contributed by atoms with van der Waals surface area (Å²) in [5.74, 6) is 1.77. The predicted octanol–water partition coefficient (Wildman–Crippen LogP) is 2.76. The highest BCUT2D eigenvalue weighted by atomic mass is 16.5. The van der Waals surface area contributed by atoms with Gasteiger partial charge in [0.1, 0.15) is 5.75 Å². The fraction of sp³-hybridized carbons (Fsp3) is 0.538. The Balaban J connectivity index is 2.13. The highest BCUT2D eigenvalue weighted by molar-refractivity contribution is 5.30. The first-order chi connectivity index (χ1) is 7.29. The van der Waals surface area contributed by atoms with Crippen molar-refractivity contribution in [3.63, 3.8) is 0 Å². The largest absolute Gasteiger partial charge is 0.497 e. The summed E-state index contributed by atoms with van der Waals surface area (Å²) < 4.78 is 5.24. The number of benzene rings is 1. The normalized spacial score (nSPS) is 26.3. The molecule has 0 saturated carbocycles. The second-order valence-corrected chi connectivity index (χ2v) is 4.41. The van der Waals surface area contributed by atoms with Crippen LogP contribution in [0.25, 0.3) is 0 Å². The standard InChI is InChI=1S/C13H19NO/c1-10-6-7-14-13(8-10)11-4-3-5-12(9-11)15-2/h3-5,9-10,13-14H,6-8H2,1-2H3. The zero-order valence-corrected chi connectivity index (χ0v) is 9.49. The van der Waals surface area contributed by atoms with Crippen LogP contribution in [0.4, 0.5) is 0 Å². The van der Waals surface area contributed by atoms with Gasteiger partial charge in [-0.05, 0) is 43.0 Å². The van der Waals surface area contributed by atoms with Gasteiger partial charge in [0.2, 0.25) is 0 Å². The van der Waals surface area contributed by atoms with Gasteiger partial charge in [0.05, 0.1) is 7.11 Å². The summed E-state index contributed by atoms with van der Waals surface area (Å²) in [6.07, 6.45) is 2.52. The molecule has 0 aliphatic carbocycles. The average molecular weight is 205 g/mol. The van der Waals surface area contributed by atoms with E-state index in [0.29, 0.717) is 6.04 Å². The van der Waals surface area contributed by atoms with E-state index in [2.05, 4.69) is 30.4 Å². The van der Waals surface area contributed by atoms with Crippen molar-refractivity contribution in [2.75, 3.05) is 13.7 Å². The van der Waals surface area contributed by atoms with E-state index in [-0.39, 0.29) is 0 Å². The second kappa shape index (κ2) is 4.67. The van der Waals surface area contributed by atoms with Gasteiger partial charge in [-0.3, -0.25) is 0 Å². The van der Waals surface area contributed by atoms with Crippen molar-refractivity contribution in [1.29, 1.82) is 0 Å². The van der Waals surface area contributed by atoms with Crippen molar-refractivity contribution in [2.24, 2.45) is 5.92 Å². The number of hydrogen-bond donors (Lipinski definition) is 1. The van der Waals surface area contributed by atoms with Crippen molar-refractivity contribution < 1.29 is 4.74 Å². The van der Waals surface area contributed by atoms with E-state index < -0.39 is 0 Å². The molecule has 0 amide bonds.